The number of rotatable bonds is 5. The summed E-state index contributed by atoms with van der Waals surface area (Å²) in [5.74, 6) is -0.714. The number of aryl methyl sites for hydroxylation is 1. The van der Waals surface area contributed by atoms with E-state index in [1.165, 1.54) is 5.56 Å². The van der Waals surface area contributed by atoms with E-state index in [0.29, 0.717) is 31.7 Å². The summed E-state index contributed by atoms with van der Waals surface area (Å²) in [7, 11) is 0. The lowest BCUT2D eigenvalue weighted by Gasteiger charge is -2.37. The number of fused-ring (bicyclic) bond motifs is 1. The topological polar surface area (TPSA) is 67.9 Å². The third kappa shape index (κ3) is 4.25. The van der Waals surface area contributed by atoms with Crippen molar-refractivity contribution >= 4 is 11.9 Å². The third-order valence-corrected chi connectivity index (χ3v) is 5.97. The molecule has 2 heterocycles. The van der Waals surface area contributed by atoms with E-state index in [2.05, 4.69) is 41.4 Å². The van der Waals surface area contributed by atoms with Crippen LogP contribution < -0.4 is 5.32 Å². The van der Waals surface area contributed by atoms with Gasteiger partial charge < -0.3 is 14.8 Å². The van der Waals surface area contributed by atoms with E-state index < -0.39 is 11.6 Å². The SMILES string of the molecule is Cc1ccc(C(CNC(=O)C2(C)Cc3ccccc3C(=O)O2)N2CCOCC2)cc1. The molecule has 1 fully saturated rings. The number of hydrogen-bond acceptors (Lipinski definition) is 5. The molecule has 2 aromatic carbocycles. The van der Waals surface area contributed by atoms with E-state index in [9.17, 15) is 9.59 Å². The lowest BCUT2D eigenvalue weighted by Crippen LogP contribution is -2.53. The molecule has 158 valence electrons. The summed E-state index contributed by atoms with van der Waals surface area (Å²) in [6.07, 6.45) is 0.369. The molecule has 1 N–H and O–H groups in total. The Labute approximate surface area is 177 Å². The van der Waals surface area contributed by atoms with Crippen LogP contribution in [-0.2, 0) is 20.7 Å². The summed E-state index contributed by atoms with van der Waals surface area (Å²) in [6.45, 7) is 7.18. The maximum absolute atomic E-state index is 13.1. The second-order valence-corrected chi connectivity index (χ2v) is 8.24. The summed E-state index contributed by atoms with van der Waals surface area (Å²) in [6, 6.07) is 15.7. The Balaban J connectivity index is 1.49. The Hall–Kier alpha value is -2.70. The van der Waals surface area contributed by atoms with Crippen molar-refractivity contribution in [1.82, 2.24) is 10.2 Å². The molecule has 2 aromatic rings. The van der Waals surface area contributed by atoms with Gasteiger partial charge in [0.2, 0.25) is 0 Å². The van der Waals surface area contributed by atoms with Crippen LogP contribution in [0.1, 0.15) is 40.0 Å². The molecule has 6 nitrogen and oxygen atoms in total. The van der Waals surface area contributed by atoms with Crippen LogP contribution in [0.4, 0.5) is 0 Å². The van der Waals surface area contributed by atoms with Crippen molar-refractivity contribution in [1.29, 1.82) is 0 Å². The number of esters is 1. The van der Waals surface area contributed by atoms with Crippen LogP contribution in [0.3, 0.4) is 0 Å². The van der Waals surface area contributed by atoms with E-state index in [4.69, 9.17) is 9.47 Å². The highest BCUT2D eigenvalue weighted by atomic mass is 16.6. The molecule has 0 spiro atoms. The smallest absolute Gasteiger partial charge is 0.339 e. The van der Waals surface area contributed by atoms with E-state index in [-0.39, 0.29) is 11.9 Å². The number of carbonyl (C=O) groups excluding carboxylic acids is 2. The van der Waals surface area contributed by atoms with Crippen molar-refractivity contribution in [3.05, 3.63) is 70.8 Å². The van der Waals surface area contributed by atoms with Crippen LogP contribution in [0.5, 0.6) is 0 Å². The lowest BCUT2D eigenvalue weighted by atomic mass is 9.89. The molecule has 6 heteroatoms. The minimum absolute atomic E-state index is 0.0358. The first-order valence-electron chi connectivity index (χ1n) is 10.4. The predicted molar refractivity (Wildman–Crippen MR) is 113 cm³/mol. The van der Waals surface area contributed by atoms with Crippen LogP contribution in [-0.4, -0.2) is 55.2 Å². The molecular weight excluding hydrogens is 380 g/mol. The molecule has 2 unspecified atom stereocenters. The molecule has 0 aliphatic carbocycles. The van der Waals surface area contributed by atoms with Crippen LogP contribution in [0.15, 0.2) is 48.5 Å². The number of benzene rings is 2. The van der Waals surface area contributed by atoms with Gasteiger partial charge >= 0.3 is 5.97 Å². The van der Waals surface area contributed by atoms with Crippen molar-refractivity contribution in [2.24, 2.45) is 0 Å². The normalized spacial score (nSPS) is 22.7. The molecule has 2 atom stereocenters. The summed E-state index contributed by atoms with van der Waals surface area (Å²) in [5, 5.41) is 3.06. The fourth-order valence-electron chi connectivity index (χ4n) is 4.17. The minimum atomic E-state index is -1.21. The predicted octanol–water partition coefficient (Wildman–Crippen LogP) is 2.66. The number of amides is 1. The highest BCUT2D eigenvalue weighted by molar-refractivity contribution is 5.97. The van der Waals surface area contributed by atoms with Gasteiger partial charge in [-0.25, -0.2) is 4.79 Å². The molecule has 1 saturated heterocycles. The number of carbonyl (C=O) groups is 2. The molecule has 2 aliphatic heterocycles. The molecule has 0 saturated carbocycles. The minimum Gasteiger partial charge on any atom is -0.445 e. The molecule has 30 heavy (non-hydrogen) atoms. The first-order valence-corrected chi connectivity index (χ1v) is 10.4. The Morgan fingerprint density at radius 1 is 1.13 bits per heavy atom. The van der Waals surface area contributed by atoms with Crippen molar-refractivity contribution in [3.8, 4) is 0 Å². The summed E-state index contributed by atoms with van der Waals surface area (Å²) >= 11 is 0. The number of hydrogen-bond donors (Lipinski definition) is 1. The van der Waals surface area contributed by atoms with Gasteiger partial charge in [-0.15, -0.1) is 0 Å². The van der Waals surface area contributed by atoms with Crippen molar-refractivity contribution in [2.75, 3.05) is 32.8 Å². The summed E-state index contributed by atoms with van der Waals surface area (Å²) in [5.41, 5.74) is 2.51. The maximum atomic E-state index is 13.1. The lowest BCUT2D eigenvalue weighted by molar-refractivity contribution is -0.140. The van der Waals surface area contributed by atoms with E-state index in [1.807, 2.05) is 12.1 Å². The summed E-state index contributed by atoms with van der Waals surface area (Å²) < 4.78 is 11.1. The number of nitrogens with zero attached hydrogens (tertiary/aromatic N) is 1. The second-order valence-electron chi connectivity index (χ2n) is 8.24. The first-order chi connectivity index (χ1) is 14.5. The highest BCUT2D eigenvalue weighted by Gasteiger charge is 2.42. The fourth-order valence-corrected chi connectivity index (χ4v) is 4.17. The quantitative estimate of drug-likeness (QED) is 0.771. The Kier molecular flexibility index (Phi) is 5.88. The second kappa shape index (κ2) is 8.58. The zero-order valence-corrected chi connectivity index (χ0v) is 17.5. The average molecular weight is 408 g/mol. The molecule has 1 amide bonds. The van der Waals surface area contributed by atoms with Gasteiger partial charge in [0.05, 0.1) is 24.8 Å². The van der Waals surface area contributed by atoms with Gasteiger partial charge in [-0.3, -0.25) is 9.69 Å². The van der Waals surface area contributed by atoms with Crippen LogP contribution in [0.2, 0.25) is 0 Å². The van der Waals surface area contributed by atoms with Gasteiger partial charge in [-0.05, 0) is 31.0 Å². The van der Waals surface area contributed by atoms with Crippen molar-refractivity contribution in [3.63, 3.8) is 0 Å². The van der Waals surface area contributed by atoms with Crippen molar-refractivity contribution in [2.45, 2.75) is 31.9 Å². The number of ether oxygens (including phenoxy) is 2. The largest absolute Gasteiger partial charge is 0.445 e. The van der Waals surface area contributed by atoms with Gasteiger partial charge in [0.1, 0.15) is 0 Å². The standard InChI is InChI=1S/C24H28N2O4/c1-17-7-9-18(10-8-17)21(26-11-13-29-14-12-26)16-25-23(28)24(2)15-19-5-3-4-6-20(19)22(27)30-24/h3-10,21H,11-16H2,1-2H3,(H,25,28). The zero-order valence-electron chi connectivity index (χ0n) is 17.5. The Bertz CT molecular complexity index is 921. The monoisotopic (exact) mass is 408 g/mol. The maximum Gasteiger partial charge on any atom is 0.339 e. The third-order valence-electron chi connectivity index (χ3n) is 5.97. The number of cyclic esters (lactones) is 1. The number of morpholine rings is 1. The van der Waals surface area contributed by atoms with E-state index >= 15 is 0 Å². The average Bonchev–Trinajstić information content (AvgIpc) is 2.75. The fraction of sp³-hybridized carbons (Fsp3) is 0.417. The van der Waals surface area contributed by atoms with Gasteiger partial charge in [0, 0.05) is 26.1 Å². The Morgan fingerprint density at radius 3 is 2.57 bits per heavy atom. The van der Waals surface area contributed by atoms with E-state index in [1.54, 1.807) is 19.1 Å². The van der Waals surface area contributed by atoms with E-state index in [0.717, 1.165) is 24.2 Å². The molecular formula is C24H28N2O4. The summed E-state index contributed by atoms with van der Waals surface area (Å²) in [4.78, 5) is 27.9. The van der Waals surface area contributed by atoms with Crippen LogP contribution in [0, 0.1) is 6.92 Å². The Morgan fingerprint density at radius 2 is 1.83 bits per heavy atom. The number of nitrogens with one attached hydrogen (secondary N) is 1. The highest BCUT2D eigenvalue weighted by Crippen LogP contribution is 2.29. The molecule has 0 radical (unpaired) electrons. The van der Waals surface area contributed by atoms with Gasteiger partial charge in [0.15, 0.2) is 5.60 Å². The molecule has 4 rings (SSSR count). The van der Waals surface area contributed by atoms with Crippen LogP contribution in [0.25, 0.3) is 0 Å². The molecule has 0 aromatic heterocycles. The first kappa shape index (κ1) is 20.6. The van der Waals surface area contributed by atoms with Crippen LogP contribution >= 0.6 is 0 Å². The molecule has 2 aliphatic rings. The zero-order chi connectivity index (χ0) is 21.1. The van der Waals surface area contributed by atoms with Gasteiger partial charge in [0.25, 0.3) is 5.91 Å². The van der Waals surface area contributed by atoms with Gasteiger partial charge in [-0.1, -0.05) is 48.0 Å². The van der Waals surface area contributed by atoms with Gasteiger partial charge in [-0.2, -0.15) is 0 Å². The molecule has 0 bridgehead atoms. The van der Waals surface area contributed by atoms with Crippen molar-refractivity contribution < 1.29 is 19.1 Å².